The number of carboxylic acids is 1. The molecule has 0 heterocycles. The van der Waals surface area contributed by atoms with Gasteiger partial charge in [0.25, 0.3) is 5.69 Å². The van der Waals surface area contributed by atoms with Crippen molar-refractivity contribution in [1.29, 1.82) is 0 Å². The Morgan fingerprint density at radius 2 is 1.91 bits per heavy atom. The number of benzene rings is 1. The number of hydrogen-bond donors (Lipinski definition) is 1. The van der Waals surface area contributed by atoms with Crippen LogP contribution in [-0.2, 0) is 14.8 Å². The molecule has 1 aromatic rings. The molecule has 0 aliphatic carbocycles. The van der Waals surface area contributed by atoms with Gasteiger partial charge < -0.3 is 5.11 Å². The van der Waals surface area contributed by atoms with E-state index in [-0.39, 0.29) is 10.6 Å². The van der Waals surface area contributed by atoms with E-state index in [1.54, 1.807) is 20.8 Å². The van der Waals surface area contributed by atoms with Crippen LogP contribution in [0.1, 0.15) is 25.0 Å². The molecule has 0 saturated carbocycles. The number of aryl methyl sites for hydroxylation is 1. The lowest BCUT2D eigenvalue weighted by Gasteiger charge is -2.25. The molecule has 9 heteroatoms. The molecule has 0 atom stereocenters. The fourth-order valence-corrected chi connectivity index (χ4v) is 3.89. The Balaban J connectivity index is 3.56. The van der Waals surface area contributed by atoms with Gasteiger partial charge in [0, 0.05) is 18.2 Å². The van der Waals surface area contributed by atoms with Crippen molar-refractivity contribution in [2.45, 2.75) is 38.6 Å². The van der Waals surface area contributed by atoms with Gasteiger partial charge in [0.2, 0.25) is 10.0 Å². The summed E-state index contributed by atoms with van der Waals surface area (Å²) in [5.41, 5.74) is 0.467. The Labute approximate surface area is 128 Å². The summed E-state index contributed by atoms with van der Waals surface area (Å²) in [6, 6.07) is 1.65. The van der Waals surface area contributed by atoms with Crippen LogP contribution in [0.3, 0.4) is 0 Å². The van der Waals surface area contributed by atoms with E-state index < -0.39 is 33.5 Å². The van der Waals surface area contributed by atoms with Gasteiger partial charge in [-0.2, -0.15) is 4.31 Å². The number of rotatable bonds is 6. The largest absolute Gasteiger partial charge is 0.480 e. The van der Waals surface area contributed by atoms with Crippen molar-refractivity contribution >= 4 is 21.7 Å². The molecular formula is C13H18N2O6S. The average Bonchev–Trinajstić information content (AvgIpc) is 2.37. The number of non-ortho nitro benzene ring substituents is 1. The quantitative estimate of drug-likeness (QED) is 0.626. The van der Waals surface area contributed by atoms with Crippen LogP contribution >= 0.6 is 0 Å². The SMILES string of the molecule is Cc1cc([N+](=O)[O-])cc(S(=O)(=O)N(CC(=O)O)C(C)C)c1C. The second kappa shape index (κ2) is 6.41. The van der Waals surface area contributed by atoms with Crippen LogP contribution in [-0.4, -0.2) is 41.3 Å². The minimum absolute atomic E-state index is 0.242. The van der Waals surface area contributed by atoms with Crippen molar-refractivity contribution in [2.24, 2.45) is 0 Å². The van der Waals surface area contributed by atoms with Gasteiger partial charge in [-0.25, -0.2) is 8.42 Å². The summed E-state index contributed by atoms with van der Waals surface area (Å²) in [6.45, 7) is 5.48. The molecular weight excluding hydrogens is 312 g/mol. The Hall–Kier alpha value is -2.00. The van der Waals surface area contributed by atoms with E-state index >= 15 is 0 Å². The maximum atomic E-state index is 12.7. The molecule has 1 N–H and O–H groups in total. The predicted octanol–water partition coefficient (Wildman–Crippen LogP) is 1.70. The fraction of sp³-hybridized carbons (Fsp3) is 0.462. The Morgan fingerprint density at radius 1 is 1.36 bits per heavy atom. The summed E-state index contributed by atoms with van der Waals surface area (Å²) < 4.78 is 26.2. The molecule has 0 unspecified atom stereocenters. The molecule has 0 aliphatic rings. The summed E-state index contributed by atoms with van der Waals surface area (Å²) in [5.74, 6) is -1.29. The number of nitrogens with zero attached hydrogens (tertiary/aromatic N) is 2. The van der Waals surface area contributed by atoms with E-state index in [2.05, 4.69) is 0 Å². The highest BCUT2D eigenvalue weighted by molar-refractivity contribution is 7.89. The van der Waals surface area contributed by atoms with Crippen LogP contribution in [0, 0.1) is 24.0 Å². The van der Waals surface area contributed by atoms with Gasteiger partial charge in [-0.05, 0) is 38.8 Å². The number of nitro benzene ring substituents is 1. The number of carbonyl (C=O) groups is 1. The van der Waals surface area contributed by atoms with Gasteiger partial charge in [0.15, 0.2) is 0 Å². The summed E-state index contributed by atoms with van der Waals surface area (Å²) >= 11 is 0. The van der Waals surface area contributed by atoms with E-state index in [0.29, 0.717) is 11.1 Å². The highest BCUT2D eigenvalue weighted by Gasteiger charge is 2.32. The number of aliphatic carboxylic acids is 1. The van der Waals surface area contributed by atoms with E-state index in [0.717, 1.165) is 10.4 Å². The Morgan fingerprint density at radius 3 is 2.32 bits per heavy atom. The molecule has 8 nitrogen and oxygen atoms in total. The van der Waals surface area contributed by atoms with Crippen LogP contribution < -0.4 is 0 Å². The second-order valence-corrected chi connectivity index (χ2v) is 7.04. The van der Waals surface area contributed by atoms with Gasteiger partial charge in [-0.1, -0.05) is 0 Å². The molecule has 0 saturated heterocycles. The lowest BCUT2D eigenvalue weighted by atomic mass is 10.1. The van der Waals surface area contributed by atoms with Crippen LogP contribution in [0.15, 0.2) is 17.0 Å². The summed E-state index contributed by atoms with van der Waals surface area (Å²) in [4.78, 5) is 20.9. The predicted molar refractivity (Wildman–Crippen MR) is 79.2 cm³/mol. The van der Waals surface area contributed by atoms with Crippen LogP contribution in [0.5, 0.6) is 0 Å². The zero-order chi connectivity index (χ0) is 17.2. The van der Waals surface area contributed by atoms with Gasteiger partial charge >= 0.3 is 5.97 Å². The Bertz CT molecular complexity index is 711. The van der Waals surface area contributed by atoms with E-state index in [9.17, 15) is 23.3 Å². The molecule has 0 fully saturated rings. The normalized spacial score (nSPS) is 11.9. The number of hydrogen-bond acceptors (Lipinski definition) is 5. The van der Waals surface area contributed by atoms with Gasteiger partial charge in [-0.15, -0.1) is 0 Å². The van der Waals surface area contributed by atoms with Gasteiger partial charge in [0.1, 0.15) is 6.54 Å². The minimum Gasteiger partial charge on any atom is -0.480 e. The summed E-state index contributed by atoms with van der Waals surface area (Å²) in [5, 5.41) is 19.8. The maximum Gasteiger partial charge on any atom is 0.318 e. The van der Waals surface area contributed by atoms with Crippen molar-refractivity contribution in [1.82, 2.24) is 4.31 Å². The highest BCUT2D eigenvalue weighted by atomic mass is 32.2. The molecule has 0 aliphatic heterocycles. The molecule has 22 heavy (non-hydrogen) atoms. The molecule has 0 aromatic heterocycles. The number of sulfonamides is 1. The van der Waals surface area contributed by atoms with Crippen molar-refractivity contribution in [3.05, 3.63) is 33.4 Å². The van der Waals surface area contributed by atoms with Crippen LogP contribution in [0.2, 0.25) is 0 Å². The van der Waals surface area contributed by atoms with Crippen molar-refractivity contribution in [2.75, 3.05) is 6.54 Å². The molecule has 122 valence electrons. The lowest BCUT2D eigenvalue weighted by Crippen LogP contribution is -2.40. The van der Waals surface area contributed by atoms with Gasteiger partial charge in [-0.3, -0.25) is 14.9 Å². The topological polar surface area (TPSA) is 118 Å². The number of carboxylic acid groups (broad SMARTS) is 1. The molecule has 1 aromatic carbocycles. The highest BCUT2D eigenvalue weighted by Crippen LogP contribution is 2.28. The van der Waals surface area contributed by atoms with Crippen molar-refractivity contribution < 1.29 is 23.2 Å². The first-order valence-corrected chi connectivity index (χ1v) is 7.91. The standard InChI is InChI=1S/C13H18N2O6S/c1-8(2)14(7-13(16)17)22(20,21)12-6-11(15(18)19)5-9(3)10(12)4/h5-6,8H,7H2,1-4H3,(H,16,17). The second-order valence-electron chi connectivity index (χ2n) is 5.18. The molecule has 1 rings (SSSR count). The first-order chi connectivity index (χ1) is 9.98. The van der Waals surface area contributed by atoms with E-state index in [4.69, 9.17) is 5.11 Å². The third-order valence-electron chi connectivity index (χ3n) is 3.27. The first-order valence-electron chi connectivity index (χ1n) is 6.47. The third kappa shape index (κ3) is 3.60. The molecule has 0 spiro atoms. The lowest BCUT2D eigenvalue weighted by molar-refractivity contribution is -0.385. The van der Waals surface area contributed by atoms with Crippen molar-refractivity contribution in [3.63, 3.8) is 0 Å². The molecule has 0 amide bonds. The summed E-state index contributed by atoms with van der Waals surface area (Å²) in [6.07, 6.45) is 0. The zero-order valence-corrected chi connectivity index (χ0v) is 13.5. The Kier molecular flexibility index (Phi) is 5.26. The van der Waals surface area contributed by atoms with Crippen LogP contribution in [0.25, 0.3) is 0 Å². The minimum atomic E-state index is -4.16. The molecule has 0 bridgehead atoms. The number of nitro groups is 1. The average molecular weight is 330 g/mol. The van der Waals surface area contributed by atoms with E-state index in [1.807, 2.05) is 0 Å². The fourth-order valence-electron chi connectivity index (χ4n) is 1.99. The van der Waals surface area contributed by atoms with Crippen LogP contribution in [0.4, 0.5) is 5.69 Å². The van der Waals surface area contributed by atoms with E-state index in [1.165, 1.54) is 13.0 Å². The smallest absolute Gasteiger partial charge is 0.318 e. The summed E-state index contributed by atoms with van der Waals surface area (Å²) in [7, 11) is -4.16. The van der Waals surface area contributed by atoms with Crippen molar-refractivity contribution in [3.8, 4) is 0 Å². The first kappa shape index (κ1) is 18.1. The van der Waals surface area contributed by atoms with Gasteiger partial charge in [0.05, 0.1) is 9.82 Å². The molecule has 0 radical (unpaired) electrons. The monoisotopic (exact) mass is 330 g/mol. The third-order valence-corrected chi connectivity index (χ3v) is 5.42. The maximum absolute atomic E-state index is 12.7. The zero-order valence-electron chi connectivity index (χ0n) is 12.7.